The Bertz CT molecular complexity index is 1690. The topological polar surface area (TPSA) is 75.7 Å². The van der Waals surface area contributed by atoms with Crippen LogP contribution in [0, 0.1) is 5.92 Å². The number of hydrogen-bond donors (Lipinski definition) is 1. The molecule has 0 unspecified atom stereocenters. The molecule has 1 fully saturated rings. The van der Waals surface area contributed by atoms with Crippen molar-refractivity contribution in [2.24, 2.45) is 5.92 Å². The van der Waals surface area contributed by atoms with Crippen molar-refractivity contribution in [3.63, 3.8) is 0 Å². The Hall–Kier alpha value is -4.49. The number of carbonyl (C=O) groups excluding carboxylic acids is 3. The Balaban J connectivity index is 1.47. The molecule has 1 amide bonds. The molecule has 3 aromatic carbocycles. The Morgan fingerprint density at radius 3 is 2.51 bits per heavy atom. The Morgan fingerprint density at radius 2 is 1.73 bits per heavy atom. The van der Waals surface area contributed by atoms with Crippen LogP contribution in [0.2, 0.25) is 0 Å². The molecule has 0 aliphatic carbocycles. The van der Waals surface area contributed by atoms with E-state index >= 15 is 0 Å². The van der Waals surface area contributed by atoms with Crippen LogP contribution >= 0.6 is 11.3 Å². The van der Waals surface area contributed by atoms with Gasteiger partial charge in [0.15, 0.2) is 11.6 Å². The minimum absolute atomic E-state index is 0.163. The number of Topliss-reactive ketones (excluding diaryl/α,β-unsaturated/α-hetero) is 2. The first-order valence-corrected chi connectivity index (χ1v) is 14.7. The number of nitrogens with one attached hydrogen (secondary N) is 1. The molecule has 3 aliphatic rings. The van der Waals surface area contributed by atoms with Gasteiger partial charge in [0.2, 0.25) is 5.91 Å². The molecule has 6 nitrogen and oxygen atoms in total. The highest BCUT2D eigenvalue weighted by Crippen LogP contribution is 2.62. The molecule has 1 saturated heterocycles. The zero-order chi connectivity index (χ0) is 28.1. The number of para-hydroxylation sites is 1. The summed E-state index contributed by atoms with van der Waals surface area (Å²) in [4.78, 5) is 46.2. The molecule has 7 rings (SSSR count). The molecule has 1 aromatic heterocycles. The largest absolute Gasteiger partial charge is 0.494 e. The molecule has 1 N–H and O–H groups in total. The van der Waals surface area contributed by atoms with Gasteiger partial charge in [-0.1, -0.05) is 55.5 Å². The van der Waals surface area contributed by atoms with E-state index in [-0.39, 0.29) is 17.5 Å². The number of ether oxygens (including phenoxy) is 1. The van der Waals surface area contributed by atoms with E-state index in [4.69, 9.17) is 4.74 Å². The number of fused-ring (bicyclic) bond motifs is 6. The molecule has 0 radical (unpaired) electrons. The van der Waals surface area contributed by atoms with E-state index in [0.29, 0.717) is 28.5 Å². The summed E-state index contributed by atoms with van der Waals surface area (Å²) in [5.41, 5.74) is 2.42. The molecule has 4 atom stereocenters. The van der Waals surface area contributed by atoms with E-state index in [2.05, 4.69) is 5.32 Å². The Morgan fingerprint density at radius 1 is 0.951 bits per heavy atom. The van der Waals surface area contributed by atoms with Gasteiger partial charge in [0, 0.05) is 17.5 Å². The summed E-state index contributed by atoms with van der Waals surface area (Å²) < 4.78 is 5.75. The quantitative estimate of drug-likeness (QED) is 0.261. The predicted molar refractivity (Wildman–Crippen MR) is 159 cm³/mol. The molecule has 204 valence electrons. The van der Waals surface area contributed by atoms with Gasteiger partial charge in [-0.25, -0.2) is 0 Å². The van der Waals surface area contributed by atoms with Crippen LogP contribution in [0.1, 0.15) is 56.1 Å². The highest BCUT2D eigenvalue weighted by atomic mass is 32.1. The molecule has 0 saturated carbocycles. The standard InChI is InChI=1S/C34H28N2O4S/c1-2-19-40-23-15-13-22(14-16-23)30(37)28-29(31(38)27-12-7-20-41-27)36-18-17-21-8-3-4-9-24(21)32(36)34(28)25-10-5-6-11-26(25)35-33(34)39/h3-18,20,28-29,32H,2,19H2,1H3,(H,35,39)/t28-,29-,32-,34-/m1/s1. The van der Waals surface area contributed by atoms with Crippen LogP contribution in [-0.4, -0.2) is 35.0 Å². The third-order valence-electron chi connectivity index (χ3n) is 8.50. The fourth-order valence-corrected chi connectivity index (χ4v) is 7.54. The number of rotatable bonds is 7. The summed E-state index contributed by atoms with van der Waals surface area (Å²) in [6.45, 7) is 2.61. The number of thiophene rings is 1. The maximum Gasteiger partial charge on any atom is 0.238 e. The summed E-state index contributed by atoms with van der Waals surface area (Å²) in [5.74, 6) is -0.974. The maximum atomic E-state index is 14.8. The lowest BCUT2D eigenvalue weighted by Crippen LogP contribution is -2.49. The fourth-order valence-electron chi connectivity index (χ4n) is 6.85. The van der Waals surface area contributed by atoms with Crippen LogP contribution in [-0.2, 0) is 10.2 Å². The normalized spacial score (nSPS) is 23.6. The van der Waals surface area contributed by atoms with Crippen molar-refractivity contribution in [1.29, 1.82) is 0 Å². The molecular weight excluding hydrogens is 532 g/mol. The number of hydrogen-bond acceptors (Lipinski definition) is 6. The van der Waals surface area contributed by atoms with E-state index in [9.17, 15) is 14.4 Å². The van der Waals surface area contributed by atoms with Crippen molar-refractivity contribution in [2.75, 3.05) is 11.9 Å². The lowest BCUT2D eigenvalue weighted by atomic mass is 9.63. The summed E-state index contributed by atoms with van der Waals surface area (Å²) in [7, 11) is 0. The lowest BCUT2D eigenvalue weighted by molar-refractivity contribution is -0.122. The van der Waals surface area contributed by atoms with Crippen LogP contribution in [0.5, 0.6) is 5.75 Å². The number of ketones is 2. The van der Waals surface area contributed by atoms with Gasteiger partial charge < -0.3 is 15.0 Å². The van der Waals surface area contributed by atoms with Crippen molar-refractivity contribution in [2.45, 2.75) is 30.8 Å². The van der Waals surface area contributed by atoms with Crippen molar-refractivity contribution < 1.29 is 19.1 Å². The molecule has 4 aromatic rings. The minimum atomic E-state index is -1.33. The second-order valence-electron chi connectivity index (χ2n) is 10.7. The summed E-state index contributed by atoms with van der Waals surface area (Å²) >= 11 is 1.35. The number of carbonyl (C=O) groups is 3. The van der Waals surface area contributed by atoms with Gasteiger partial charge in [-0.05, 0) is 71.0 Å². The van der Waals surface area contributed by atoms with Gasteiger partial charge >= 0.3 is 0 Å². The SMILES string of the molecule is CCCOc1ccc(C(=O)[C@H]2[C@H](C(=O)c3cccs3)N3C=Cc4ccccc4[C@@H]3[C@]23C(=O)Nc2ccccc23)cc1. The zero-order valence-corrected chi connectivity index (χ0v) is 23.3. The smallest absolute Gasteiger partial charge is 0.238 e. The average Bonchev–Trinajstić information content (AvgIpc) is 3.72. The van der Waals surface area contributed by atoms with E-state index < -0.39 is 23.4 Å². The predicted octanol–water partition coefficient (Wildman–Crippen LogP) is 6.52. The van der Waals surface area contributed by atoms with Crippen molar-refractivity contribution >= 4 is 40.6 Å². The Labute approximate surface area is 242 Å². The first-order valence-electron chi connectivity index (χ1n) is 13.9. The maximum absolute atomic E-state index is 14.8. The first kappa shape index (κ1) is 25.5. The second kappa shape index (κ2) is 9.85. The van der Waals surface area contributed by atoms with Crippen LogP contribution in [0.15, 0.2) is 96.5 Å². The second-order valence-corrected chi connectivity index (χ2v) is 11.6. The van der Waals surface area contributed by atoms with Gasteiger partial charge in [0.05, 0.1) is 23.4 Å². The molecule has 4 heterocycles. The zero-order valence-electron chi connectivity index (χ0n) is 22.4. The number of anilines is 1. The van der Waals surface area contributed by atoms with Gasteiger partial charge in [-0.15, -0.1) is 11.3 Å². The summed E-state index contributed by atoms with van der Waals surface area (Å²) in [6.07, 6.45) is 4.74. The van der Waals surface area contributed by atoms with Crippen LogP contribution in [0.25, 0.3) is 6.08 Å². The molecule has 1 spiro atoms. The molecule has 0 bridgehead atoms. The van der Waals surface area contributed by atoms with Crippen LogP contribution < -0.4 is 10.1 Å². The minimum Gasteiger partial charge on any atom is -0.494 e. The summed E-state index contributed by atoms with van der Waals surface area (Å²) in [6, 6.07) is 24.7. The summed E-state index contributed by atoms with van der Waals surface area (Å²) in [5, 5.41) is 4.95. The number of benzene rings is 3. The average molecular weight is 561 g/mol. The van der Waals surface area contributed by atoms with Crippen molar-refractivity contribution in [1.82, 2.24) is 4.90 Å². The molecule has 3 aliphatic heterocycles. The monoisotopic (exact) mass is 560 g/mol. The van der Waals surface area contributed by atoms with Crippen LogP contribution in [0.3, 0.4) is 0 Å². The molecule has 7 heteroatoms. The molecule has 41 heavy (non-hydrogen) atoms. The third-order valence-corrected chi connectivity index (χ3v) is 9.38. The molecular formula is C34H28N2O4S. The van der Waals surface area contributed by atoms with E-state index in [0.717, 1.165) is 23.1 Å². The number of amides is 1. The van der Waals surface area contributed by atoms with Gasteiger partial charge in [-0.3, -0.25) is 14.4 Å². The van der Waals surface area contributed by atoms with Crippen molar-refractivity contribution in [3.8, 4) is 5.75 Å². The van der Waals surface area contributed by atoms with E-state index in [1.807, 2.05) is 84.1 Å². The van der Waals surface area contributed by atoms with Gasteiger partial charge in [-0.2, -0.15) is 0 Å². The third kappa shape index (κ3) is 3.72. The van der Waals surface area contributed by atoms with Crippen LogP contribution in [0.4, 0.5) is 5.69 Å². The fraction of sp³-hybridized carbons (Fsp3) is 0.206. The number of nitrogens with zero attached hydrogens (tertiary/aromatic N) is 1. The Kier molecular flexibility index (Phi) is 6.12. The highest BCUT2D eigenvalue weighted by molar-refractivity contribution is 7.12. The lowest BCUT2D eigenvalue weighted by Gasteiger charge is -2.38. The highest BCUT2D eigenvalue weighted by Gasteiger charge is 2.70. The van der Waals surface area contributed by atoms with Crippen molar-refractivity contribution in [3.05, 3.63) is 124 Å². The van der Waals surface area contributed by atoms with E-state index in [1.165, 1.54) is 11.3 Å². The van der Waals surface area contributed by atoms with E-state index in [1.54, 1.807) is 30.3 Å². The van der Waals surface area contributed by atoms with Gasteiger partial charge in [0.1, 0.15) is 17.2 Å². The van der Waals surface area contributed by atoms with Gasteiger partial charge in [0.25, 0.3) is 0 Å². The first-order chi connectivity index (χ1) is 20.1.